The van der Waals surface area contributed by atoms with E-state index < -0.39 is 32.5 Å². The highest BCUT2D eigenvalue weighted by atomic mass is 35.5. The fourth-order valence-corrected chi connectivity index (χ4v) is 6.37. The highest BCUT2D eigenvalue weighted by Crippen LogP contribution is 2.30. The van der Waals surface area contributed by atoms with Crippen LogP contribution in [0.1, 0.15) is 0 Å². The molecule has 0 heterocycles. The van der Waals surface area contributed by atoms with Crippen LogP contribution in [0.2, 0.25) is 15.1 Å². The van der Waals surface area contributed by atoms with E-state index in [2.05, 4.69) is 10.0 Å². The Balaban J connectivity index is 1.53. The van der Waals surface area contributed by atoms with Gasteiger partial charge in [-0.25, -0.2) is 16.8 Å². The zero-order chi connectivity index (χ0) is 28.2. The first-order chi connectivity index (χ1) is 18.5. The maximum atomic E-state index is 13.4. The number of nitrogens with one attached hydrogen (secondary N) is 2. The number of carbonyl (C=O) groups excluding carboxylic acids is 1. The molecular weight excluding hydrogens is 605 g/mol. The SMILES string of the molecule is O=C(CN(c1ccc(Cl)c(Cl)c1)S(=O)(=O)c1ccccc1)Nc1ccc(S(=O)(=O)Nc2ccc(Cl)cc2)cc1. The predicted octanol–water partition coefficient (Wildman–Crippen LogP) is 6.28. The Hall–Kier alpha value is -3.28. The molecule has 13 heteroatoms. The minimum atomic E-state index is -4.15. The smallest absolute Gasteiger partial charge is 0.264 e. The summed E-state index contributed by atoms with van der Waals surface area (Å²) in [5.74, 6) is -0.671. The van der Waals surface area contributed by atoms with Crippen LogP contribution in [0.5, 0.6) is 0 Å². The fraction of sp³-hybridized carbons (Fsp3) is 0.0385. The van der Waals surface area contributed by atoms with E-state index in [9.17, 15) is 21.6 Å². The van der Waals surface area contributed by atoms with Crippen LogP contribution in [-0.2, 0) is 24.8 Å². The zero-order valence-corrected chi connectivity index (χ0v) is 23.8. The maximum Gasteiger partial charge on any atom is 0.264 e. The maximum absolute atomic E-state index is 13.4. The molecule has 39 heavy (non-hydrogen) atoms. The molecule has 0 radical (unpaired) electrons. The van der Waals surface area contributed by atoms with Gasteiger partial charge in [0.25, 0.3) is 20.0 Å². The lowest BCUT2D eigenvalue weighted by Crippen LogP contribution is -2.38. The summed E-state index contributed by atoms with van der Waals surface area (Å²) in [5.41, 5.74) is 0.730. The second-order valence-electron chi connectivity index (χ2n) is 8.11. The third kappa shape index (κ3) is 7.03. The van der Waals surface area contributed by atoms with Crippen molar-refractivity contribution in [1.82, 2.24) is 0 Å². The molecule has 0 aliphatic rings. The van der Waals surface area contributed by atoms with E-state index in [1.165, 1.54) is 66.7 Å². The molecular formula is C26H20Cl3N3O5S2. The van der Waals surface area contributed by atoms with Gasteiger partial charge in [-0.05, 0) is 78.9 Å². The molecule has 0 unspecified atom stereocenters. The lowest BCUT2D eigenvalue weighted by molar-refractivity contribution is -0.114. The third-order valence-corrected chi connectivity index (χ3v) is 9.53. The van der Waals surface area contributed by atoms with E-state index in [-0.39, 0.29) is 31.2 Å². The number of halogens is 3. The number of carbonyl (C=O) groups is 1. The number of hydrogen-bond acceptors (Lipinski definition) is 5. The van der Waals surface area contributed by atoms with Gasteiger partial charge in [0.15, 0.2) is 0 Å². The molecule has 0 aromatic heterocycles. The van der Waals surface area contributed by atoms with Gasteiger partial charge < -0.3 is 5.32 Å². The first-order valence-corrected chi connectivity index (χ1v) is 15.2. The Morgan fingerprint density at radius 3 is 1.92 bits per heavy atom. The molecule has 0 spiro atoms. The van der Waals surface area contributed by atoms with E-state index in [4.69, 9.17) is 34.8 Å². The Morgan fingerprint density at radius 1 is 0.692 bits per heavy atom. The lowest BCUT2D eigenvalue weighted by atomic mass is 10.3. The molecule has 0 aliphatic heterocycles. The van der Waals surface area contributed by atoms with Crippen molar-refractivity contribution in [2.45, 2.75) is 9.79 Å². The molecule has 0 bridgehead atoms. The van der Waals surface area contributed by atoms with Gasteiger partial charge in [-0.3, -0.25) is 13.8 Å². The van der Waals surface area contributed by atoms with Crippen LogP contribution < -0.4 is 14.3 Å². The van der Waals surface area contributed by atoms with Crippen LogP contribution in [0, 0.1) is 0 Å². The minimum Gasteiger partial charge on any atom is -0.325 e. The van der Waals surface area contributed by atoms with E-state index in [1.807, 2.05) is 0 Å². The summed E-state index contributed by atoms with van der Waals surface area (Å²) in [4.78, 5) is 12.9. The highest BCUT2D eigenvalue weighted by molar-refractivity contribution is 7.93. The number of hydrogen-bond donors (Lipinski definition) is 2. The first kappa shape index (κ1) is 28.7. The number of rotatable bonds is 9. The van der Waals surface area contributed by atoms with Crippen molar-refractivity contribution in [1.29, 1.82) is 0 Å². The standard InChI is InChI=1S/C26H20Cl3N3O5S2/c27-18-6-8-20(9-7-18)31-38(34,35)22-13-10-19(11-14-22)30-26(33)17-32(21-12-15-24(28)25(29)16-21)39(36,37)23-4-2-1-3-5-23/h1-16,31H,17H2,(H,30,33). The number of amides is 1. The second kappa shape index (κ2) is 11.8. The zero-order valence-electron chi connectivity index (χ0n) is 19.9. The number of sulfonamides is 2. The molecule has 202 valence electrons. The van der Waals surface area contributed by atoms with Crippen LogP contribution in [0.15, 0.2) is 107 Å². The van der Waals surface area contributed by atoms with Crippen LogP contribution in [0.3, 0.4) is 0 Å². The van der Waals surface area contributed by atoms with Crippen LogP contribution in [0.25, 0.3) is 0 Å². The summed E-state index contributed by atoms with van der Waals surface area (Å²) in [7, 11) is -8.06. The minimum absolute atomic E-state index is 0.0216. The molecule has 4 aromatic carbocycles. The summed E-state index contributed by atoms with van der Waals surface area (Å²) in [5, 5.41) is 3.40. The average Bonchev–Trinajstić information content (AvgIpc) is 2.91. The van der Waals surface area contributed by atoms with Crippen LogP contribution in [-0.4, -0.2) is 29.3 Å². The third-order valence-electron chi connectivity index (χ3n) is 5.35. The van der Waals surface area contributed by atoms with E-state index in [0.717, 1.165) is 4.31 Å². The molecule has 0 aliphatic carbocycles. The molecule has 0 saturated carbocycles. The van der Waals surface area contributed by atoms with Gasteiger partial charge in [0.2, 0.25) is 5.91 Å². The fourth-order valence-electron chi connectivity index (χ4n) is 3.46. The van der Waals surface area contributed by atoms with Gasteiger partial charge in [0.05, 0.1) is 25.5 Å². The van der Waals surface area contributed by atoms with Gasteiger partial charge in [0.1, 0.15) is 6.54 Å². The van der Waals surface area contributed by atoms with E-state index in [1.54, 1.807) is 30.3 Å². The summed E-state index contributed by atoms with van der Waals surface area (Å²) in [6.45, 7) is -0.590. The summed E-state index contributed by atoms with van der Waals surface area (Å²) < 4.78 is 55.6. The highest BCUT2D eigenvalue weighted by Gasteiger charge is 2.27. The summed E-state index contributed by atoms with van der Waals surface area (Å²) in [6, 6.07) is 23.4. The molecule has 4 rings (SSSR count). The quantitative estimate of drug-likeness (QED) is 0.228. The van der Waals surface area contributed by atoms with Gasteiger partial charge in [0, 0.05) is 16.4 Å². The number of anilines is 3. The molecule has 4 aromatic rings. The molecule has 0 saturated heterocycles. The second-order valence-corrected chi connectivity index (χ2v) is 12.9. The lowest BCUT2D eigenvalue weighted by Gasteiger charge is -2.24. The van der Waals surface area contributed by atoms with Crippen molar-refractivity contribution >= 4 is 77.8 Å². The van der Waals surface area contributed by atoms with E-state index in [0.29, 0.717) is 10.7 Å². The molecule has 0 fully saturated rings. The van der Waals surface area contributed by atoms with Gasteiger partial charge in [-0.1, -0.05) is 53.0 Å². The topological polar surface area (TPSA) is 113 Å². The van der Waals surface area contributed by atoms with Crippen molar-refractivity contribution in [3.05, 3.63) is 112 Å². The molecule has 8 nitrogen and oxygen atoms in total. The molecule has 1 amide bonds. The van der Waals surface area contributed by atoms with E-state index >= 15 is 0 Å². The van der Waals surface area contributed by atoms with Crippen molar-refractivity contribution < 1.29 is 21.6 Å². The first-order valence-electron chi connectivity index (χ1n) is 11.2. The monoisotopic (exact) mass is 623 g/mol. The van der Waals surface area contributed by atoms with Crippen LogP contribution in [0.4, 0.5) is 17.1 Å². The molecule has 0 atom stereocenters. The Morgan fingerprint density at radius 2 is 1.31 bits per heavy atom. The largest absolute Gasteiger partial charge is 0.325 e. The average molecular weight is 625 g/mol. The summed E-state index contributed by atoms with van der Waals surface area (Å²) >= 11 is 17.9. The predicted molar refractivity (Wildman–Crippen MR) is 155 cm³/mol. The van der Waals surface area contributed by atoms with Crippen molar-refractivity contribution in [3.63, 3.8) is 0 Å². The van der Waals surface area contributed by atoms with Crippen molar-refractivity contribution in [2.75, 3.05) is 20.9 Å². The Bertz CT molecular complexity index is 1700. The van der Waals surface area contributed by atoms with Gasteiger partial charge in [-0.2, -0.15) is 0 Å². The Kier molecular flexibility index (Phi) is 8.73. The Labute approximate surface area is 241 Å². The van der Waals surface area contributed by atoms with Crippen LogP contribution >= 0.6 is 34.8 Å². The number of benzene rings is 4. The van der Waals surface area contributed by atoms with Gasteiger partial charge >= 0.3 is 0 Å². The van der Waals surface area contributed by atoms with Gasteiger partial charge in [-0.15, -0.1) is 0 Å². The summed E-state index contributed by atoms with van der Waals surface area (Å²) in [6.07, 6.45) is 0. The molecule has 2 N–H and O–H groups in total. The van der Waals surface area contributed by atoms with Crippen molar-refractivity contribution in [3.8, 4) is 0 Å². The normalized spacial score (nSPS) is 11.6. The van der Waals surface area contributed by atoms with Crippen molar-refractivity contribution in [2.24, 2.45) is 0 Å². The number of nitrogens with zero attached hydrogens (tertiary/aromatic N) is 1.